The Bertz CT molecular complexity index is 489. The molecule has 0 bridgehead atoms. The first kappa shape index (κ1) is 9.78. The first-order valence-corrected chi connectivity index (χ1v) is 5.14. The average Bonchev–Trinajstić information content (AvgIpc) is 2.76. The van der Waals surface area contributed by atoms with Crippen LogP contribution in [0.3, 0.4) is 0 Å². The Morgan fingerprint density at radius 3 is 3.00 bits per heavy atom. The maximum absolute atomic E-state index is 11.0. The number of nitrogen functional groups attached to an aromatic ring is 1. The zero-order chi connectivity index (χ0) is 10.8. The lowest BCUT2D eigenvalue weighted by molar-refractivity contribution is 0.101. The van der Waals surface area contributed by atoms with Gasteiger partial charge in [0.25, 0.3) is 0 Å². The molecule has 2 N–H and O–H groups in total. The fourth-order valence-corrected chi connectivity index (χ4v) is 1.78. The molecule has 0 aliphatic carbocycles. The number of anilines is 1. The van der Waals surface area contributed by atoms with Crippen LogP contribution >= 0.6 is 11.3 Å². The second-order valence-electron chi connectivity index (χ2n) is 3.00. The first-order valence-electron chi connectivity index (χ1n) is 4.26. The quantitative estimate of drug-likeness (QED) is 0.768. The Morgan fingerprint density at radius 1 is 1.67 bits per heavy atom. The maximum Gasteiger partial charge on any atom is 0.188 e. The van der Waals surface area contributed by atoms with Crippen LogP contribution < -0.4 is 5.73 Å². The van der Waals surface area contributed by atoms with Crippen LogP contribution in [-0.4, -0.2) is 25.8 Å². The van der Waals surface area contributed by atoms with Crippen LogP contribution in [0.15, 0.2) is 11.6 Å². The van der Waals surface area contributed by atoms with E-state index in [1.807, 2.05) is 5.38 Å². The first-order chi connectivity index (χ1) is 7.15. The molecule has 0 radical (unpaired) electrons. The molecular formula is C8H9N5OS. The fraction of sp³-hybridized carbons (Fsp3) is 0.250. The molecule has 0 aliphatic rings. The molecule has 0 fully saturated rings. The van der Waals surface area contributed by atoms with E-state index in [1.54, 1.807) is 0 Å². The number of hydrogen-bond acceptors (Lipinski definition) is 6. The highest BCUT2D eigenvalue weighted by Crippen LogP contribution is 2.11. The number of nitrogens with two attached hydrogens (primary N) is 1. The lowest BCUT2D eigenvalue weighted by Gasteiger charge is -1.93. The van der Waals surface area contributed by atoms with Gasteiger partial charge in [-0.1, -0.05) is 0 Å². The van der Waals surface area contributed by atoms with Crippen molar-refractivity contribution in [2.24, 2.45) is 0 Å². The van der Waals surface area contributed by atoms with Crippen molar-refractivity contribution in [1.29, 1.82) is 0 Å². The van der Waals surface area contributed by atoms with Gasteiger partial charge < -0.3 is 5.73 Å². The normalized spacial score (nSPS) is 10.5. The van der Waals surface area contributed by atoms with Crippen LogP contribution in [-0.2, 0) is 6.54 Å². The molecule has 0 aliphatic heterocycles. The van der Waals surface area contributed by atoms with E-state index in [2.05, 4.69) is 15.2 Å². The van der Waals surface area contributed by atoms with Gasteiger partial charge in [-0.15, -0.1) is 16.4 Å². The number of carbonyl (C=O) groups excluding carboxylic acids is 1. The number of thiazole rings is 1. The summed E-state index contributed by atoms with van der Waals surface area (Å²) in [6, 6.07) is 0. The molecule has 15 heavy (non-hydrogen) atoms. The number of hydrogen-bond donors (Lipinski definition) is 1. The van der Waals surface area contributed by atoms with Crippen LogP contribution in [0.1, 0.15) is 22.4 Å². The minimum atomic E-state index is -0.0285. The largest absolute Gasteiger partial charge is 0.381 e. The Hall–Kier alpha value is -1.76. The lowest BCUT2D eigenvalue weighted by Crippen LogP contribution is -2.05. The topological polar surface area (TPSA) is 86.7 Å². The van der Waals surface area contributed by atoms with Crippen LogP contribution in [0.4, 0.5) is 5.82 Å². The van der Waals surface area contributed by atoms with E-state index in [1.165, 1.54) is 29.3 Å². The molecule has 0 saturated carbocycles. The van der Waals surface area contributed by atoms with Crippen molar-refractivity contribution in [3.05, 3.63) is 22.3 Å². The molecule has 78 valence electrons. The predicted molar refractivity (Wildman–Crippen MR) is 55.7 cm³/mol. The zero-order valence-electron chi connectivity index (χ0n) is 8.04. The zero-order valence-corrected chi connectivity index (χ0v) is 8.86. The highest BCUT2D eigenvalue weighted by atomic mass is 32.1. The maximum atomic E-state index is 11.0. The summed E-state index contributed by atoms with van der Waals surface area (Å²) < 4.78 is 0. The van der Waals surface area contributed by atoms with Gasteiger partial charge in [0.05, 0.1) is 11.9 Å². The summed E-state index contributed by atoms with van der Waals surface area (Å²) in [6.45, 7) is 1.92. The third kappa shape index (κ3) is 2.18. The van der Waals surface area contributed by atoms with Crippen LogP contribution in [0, 0.1) is 0 Å². The van der Waals surface area contributed by atoms with E-state index in [9.17, 15) is 4.79 Å². The summed E-state index contributed by atoms with van der Waals surface area (Å²) in [6.07, 6.45) is 1.47. The van der Waals surface area contributed by atoms with E-state index < -0.39 is 0 Å². The minimum absolute atomic E-state index is 0.0285. The minimum Gasteiger partial charge on any atom is -0.381 e. The van der Waals surface area contributed by atoms with Gasteiger partial charge in [-0.25, -0.2) is 4.98 Å². The third-order valence-corrected chi connectivity index (χ3v) is 2.70. The number of nitrogens with zero attached hydrogens (tertiary/aromatic N) is 4. The highest BCUT2D eigenvalue weighted by Gasteiger charge is 2.07. The summed E-state index contributed by atoms with van der Waals surface area (Å²) in [7, 11) is 0. The molecule has 0 amide bonds. The smallest absolute Gasteiger partial charge is 0.188 e. The molecule has 2 aromatic heterocycles. The number of aromatic nitrogens is 4. The van der Waals surface area contributed by atoms with E-state index in [0.29, 0.717) is 17.4 Å². The molecule has 0 spiro atoms. The molecule has 0 atom stereocenters. The van der Waals surface area contributed by atoms with Gasteiger partial charge >= 0.3 is 0 Å². The molecule has 2 rings (SSSR count). The third-order valence-electron chi connectivity index (χ3n) is 1.71. The number of rotatable bonds is 3. The van der Waals surface area contributed by atoms with E-state index in [4.69, 9.17) is 5.73 Å². The van der Waals surface area contributed by atoms with E-state index >= 15 is 0 Å². The predicted octanol–water partition coefficient (Wildman–Crippen LogP) is 0.568. The summed E-state index contributed by atoms with van der Waals surface area (Å²) >= 11 is 1.32. The molecule has 7 heteroatoms. The summed E-state index contributed by atoms with van der Waals surface area (Å²) in [5, 5.41) is 10.2. The highest BCUT2D eigenvalue weighted by molar-refractivity contribution is 7.11. The summed E-state index contributed by atoms with van der Waals surface area (Å²) in [4.78, 5) is 16.6. The fourth-order valence-electron chi connectivity index (χ4n) is 1.07. The van der Waals surface area contributed by atoms with Gasteiger partial charge in [-0.05, 0) is 0 Å². The number of carbonyl (C=O) groups is 1. The van der Waals surface area contributed by atoms with Gasteiger partial charge in [0.2, 0.25) is 0 Å². The second kappa shape index (κ2) is 3.77. The van der Waals surface area contributed by atoms with Crippen molar-refractivity contribution < 1.29 is 4.79 Å². The Morgan fingerprint density at radius 2 is 2.47 bits per heavy atom. The van der Waals surface area contributed by atoms with Crippen molar-refractivity contribution in [3.63, 3.8) is 0 Å². The summed E-state index contributed by atoms with van der Waals surface area (Å²) in [5.74, 6) is 0.344. The Kier molecular flexibility index (Phi) is 2.46. The lowest BCUT2D eigenvalue weighted by atomic mass is 10.4. The van der Waals surface area contributed by atoms with Crippen molar-refractivity contribution in [2.75, 3.05) is 5.73 Å². The number of ketones is 1. The molecule has 2 heterocycles. The standard InChI is InChI=1S/C8H9N5OS/c1-5(14)8-11-6(4-15-8)3-13-10-2-7(9)12-13/h2,4H,3H2,1H3,(H2,9,12). The Balaban J connectivity index is 2.14. The molecule has 2 aromatic rings. The van der Waals surface area contributed by atoms with Crippen molar-refractivity contribution in [1.82, 2.24) is 20.0 Å². The van der Waals surface area contributed by atoms with Crippen molar-refractivity contribution >= 4 is 22.9 Å². The van der Waals surface area contributed by atoms with Gasteiger partial charge in [0.15, 0.2) is 16.6 Å². The van der Waals surface area contributed by atoms with Crippen LogP contribution in [0.25, 0.3) is 0 Å². The van der Waals surface area contributed by atoms with Crippen molar-refractivity contribution in [2.45, 2.75) is 13.5 Å². The van der Waals surface area contributed by atoms with Gasteiger partial charge in [0.1, 0.15) is 6.54 Å². The molecule has 0 unspecified atom stereocenters. The Labute approximate surface area is 89.7 Å². The second-order valence-corrected chi connectivity index (χ2v) is 3.86. The molecule has 0 saturated heterocycles. The molecular weight excluding hydrogens is 214 g/mol. The van der Waals surface area contributed by atoms with Crippen LogP contribution in [0.2, 0.25) is 0 Å². The molecule has 0 aromatic carbocycles. The average molecular weight is 223 g/mol. The summed E-state index contributed by atoms with van der Waals surface area (Å²) in [5.41, 5.74) is 6.18. The number of Topliss-reactive ketones (excluding diaryl/α,β-unsaturated/α-hetero) is 1. The van der Waals surface area contributed by atoms with Gasteiger partial charge in [0, 0.05) is 12.3 Å². The van der Waals surface area contributed by atoms with Gasteiger partial charge in [-0.2, -0.15) is 9.90 Å². The van der Waals surface area contributed by atoms with Gasteiger partial charge in [-0.3, -0.25) is 4.79 Å². The van der Waals surface area contributed by atoms with E-state index in [-0.39, 0.29) is 5.78 Å². The van der Waals surface area contributed by atoms with Crippen LogP contribution in [0.5, 0.6) is 0 Å². The van der Waals surface area contributed by atoms with E-state index in [0.717, 1.165) is 5.69 Å². The van der Waals surface area contributed by atoms with Crippen molar-refractivity contribution in [3.8, 4) is 0 Å². The SMILES string of the molecule is CC(=O)c1nc(Cn2ncc(N)n2)cs1. The monoisotopic (exact) mass is 223 g/mol. The molecule has 6 nitrogen and oxygen atoms in total.